The second kappa shape index (κ2) is 3.98. The predicted molar refractivity (Wildman–Crippen MR) is 54.9 cm³/mol. The molecule has 2 N–H and O–H groups in total. The van der Waals surface area contributed by atoms with E-state index in [0.29, 0.717) is 20.7 Å². The fourth-order valence-electron chi connectivity index (χ4n) is 0.846. The number of halogens is 2. The Morgan fingerprint density at radius 2 is 2.23 bits per heavy atom. The van der Waals surface area contributed by atoms with Gasteiger partial charge in [0.05, 0.1) is 22.2 Å². The number of carbonyl (C=O) groups is 1. The largest absolute Gasteiger partial charge is 0.465 e. The Morgan fingerprint density at radius 1 is 1.62 bits per heavy atom. The molecule has 0 aliphatic carbocycles. The van der Waals surface area contributed by atoms with E-state index in [-0.39, 0.29) is 0 Å². The van der Waals surface area contributed by atoms with Gasteiger partial charge in [-0.05, 0) is 28.1 Å². The van der Waals surface area contributed by atoms with Crippen molar-refractivity contribution in [3.05, 3.63) is 27.2 Å². The van der Waals surface area contributed by atoms with Gasteiger partial charge in [-0.15, -0.1) is 0 Å². The van der Waals surface area contributed by atoms with Crippen LogP contribution in [0, 0.1) is 0 Å². The summed E-state index contributed by atoms with van der Waals surface area (Å²) in [5.74, 6) is -0.457. The molecular formula is C8H7BrClNO2. The third kappa shape index (κ3) is 2.14. The molecule has 70 valence electrons. The van der Waals surface area contributed by atoms with Gasteiger partial charge in [0.1, 0.15) is 0 Å². The zero-order valence-corrected chi connectivity index (χ0v) is 9.15. The van der Waals surface area contributed by atoms with Gasteiger partial charge in [0.25, 0.3) is 0 Å². The summed E-state index contributed by atoms with van der Waals surface area (Å²) in [7, 11) is 1.30. The maximum atomic E-state index is 11.1. The smallest absolute Gasteiger partial charge is 0.337 e. The summed E-state index contributed by atoms with van der Waals surface area (Å²) in [5, 5.41) is 0.389. The first-order chi connectivity index (χ1) is 6.06. The van der Waals surface area contributed by atoms with Crippen LogP contribution in [0.1, 0.15) is 10.4 Å². The summed E-state index contributed by atoms with van der Waals surface area (Å²) >= 11 is 8.96. The number of hydrogen-bond acceptors (Lipinski definition) is 3. The van der Waals surface area contributed by atoms with Crippen molar-refractivity contribution in [3.8, 4) is 0 Å². The standard InChI is InChI=1S/C8H7BrClNO2/c1-13-8(12)4-2-5(10)7(9)6(11)3-4/h2-3H,11H2,1H3. The van der Waals surface area contributed by atoms with E-state index in [1.807, 2.05) is 0 Å². The van der Waals surface area contributed by atoms with Gasteiger partial charge in [-0.3, -0.25) is 0 Å². The molecule has 1 rings (SSSR count). The van der Waals surface area contributed by atoms with Gasteiger partial charge in [-0.2, -0.15) is 0 Å². The number of rotatable bonds is 1. The summed E-state index contributed by atoms with van der Waals surface area (Å²) in [5.41, 5.74) is 6.33. The second-order valence-electron chi connectivity index (χ2n) is 2.35. The molecule has 0 aliphatic rings. The minimum absolute atomic E-state index is 0.341. The highest BCUT2D eigenvalue weighted by atomic mass is 79.9. The van der Waals surface area contributed by atoms with Crippen LogP contribution in [0.2, 0.25) is 5.02 Å². The SMILES string of the molecule is COC(=O)c1cc(N)c(Br)c(Cl)c1. The highest BCUT2D eigenvalue weighted by molar-refractivity contribution is 9.10. The normalized spacial score (nSPS) is 9.77. The topological polar surface area (TPSA) is 52.3 Å². The van der Waals surface area contributed by atoms with Crippen molar-refractivity contribution in [1.29, 1.82) is 0 Å². The lowest BCUT2D eigenvalue weighted by Gasteiger charge is -2.04. The average Bonchev–Trinajstić information content (AvgIpc) is 2.12. The van der Waals surface area contributed by atoms with Crippen molar-refractivity contribution in [2.75, 3.05) is 12.8 Å². The molecule has 0 unspecified atom stereocenters. The fraction of sp³-hybridized carbons (Fsp3) is 0.125. The van der Waals surface area contributed by atoms with Crippen molar-refractivity contribution in [2.24, 2.45) is 0 Å². The van der Waals surface area contributed by atoms with Crippen LogP contribution >= 0.6 is 27.5 Å². The van der Waals surface area contributed by atoms with E-state index in [0.717, 1.165) is 0 Å². The molecule has 0 bridgehead atoms. The minimum Gasteiger partial charge on any atom is -0.465 e. The molecule has 0 fully saturated rings. The lowest BCUT2D eigenvalue weighted by atomic mass is 10.2. The van der Waals surface area contributed by atoms with Crippen LogP contribution in [-0.4, -0.2) is 13.1 Å². The summed E-state index contributed by atoms with van der Waals surface area (Å²) in [6, 6.07) is 3.00. The highest BCUT2D eigenvalue weighted by Gasteiger charge is 2.10. The third-order valence-electron chi connectivity index (χ3n) is 1.48. The molecule has 0 aromatic heterocycles. The van der Waals surface area contributed by atoms with Crippen molar-refractivity contribution < 1.29 is 9.53 Å². The molecule has 0 saturated carbocycles. The Balaban J connectivity index is 3.20. The van der Waals surface area contributed by atoms with Crippen LogP contribution < -0.4 is 5.73 Å². The van der Waals surface area contributed by atoms with Gasteiger partial charge in [0, 0.05) is 5.69 Å². The first-order valence-corrected chi connectivity index (χ1v) is 4.56. The zero-order chi connectivity index (χ0) is 10.0. The Bertz CT molecular complexity index is 331. The number of anilines is 1. The summed E-state index contributed by atoms with van der Waals surface area (Å²) in [6.07, 6.45) is 0. The Hall–Kier alpha value is -0.740. The van der Waals surface area contributed by atoms with Crippen LogP contribution in [0.15, 0.2) is 16.6 Å². The Morgan fingerprint density at radius 3 is 2.69 bits per heavy atom. The quantitative estimate of drug-likeness (QED) is 0.626. The number of benzene rings is 1. The molecule has 1 aromatic rings. The first kappa shape index (κ1) is 10.3. The first-order valence-electron chi connectivity index (χ1n) is 3.39. The van der Waals surface area contributed by atoms with Crippen LogP contribution in [0.4, 0.5) is 5.69 Å². The second-order valence-corrected chi connectivity index (χ2v) is 3.55. The van der Waals surface area contributed by atoms with Crippen molar-refractivity contribution in [2.45, 2.75) is 0 Å². The van der Waals surface area contributed by atoms with E-state index >= 15 is 0 Å². The molecule has 0 atom stereocenters. The van der Waals surface area contributed by atoms with E-state index in [9.17, 15) is 4.79 Å². The molecule has 0 radical (unpaired) electrons. The van der Waals surface area contributed by atoms with Crippen LogP contribution in [0.5, 0.6) is 0 Å². The van der Waals surface area contributed by atoms with E-state index in [2.05, 4.69) is 20.7 Å². The molecule has 5 heteroatoms. The van der Waals surface area contributed by atoms with Gasteiger partial charge in [-0.1, -0.05) is 11.6 Å². The van der Waals surface area contributed by atoms with Gasteiger partial charge < -0.3 is 10.5 Å². The monoisotopic (exact) mass is 263 g/mol. The maximum absolute atomic E-state index is 11.1. The van der Waals surface area contributed by atoms with Crippen molar-refractivity contribution in [1.82, 2.24) is 0 Å². The van der Waals surface area contributed by atoms with Crippen molar-refractivity contribution >= 4 is 39.2 Å². The number of esters is 1. The molecule has 1 aromatic carbocycles. The highest BCUT2D eigenvalue weighted by Crippen LogP contribution is 2.29. The average molecular weight is 265 g/mol. The number of carbonyl (C=O) groups excluding carboxylic acids is 1. The summed E-state index contributed by atoms with van der Waals surface area (Å²) in [4.78, 5) is 11.1. The van der Waals surface area contributed by atoms with Gasteiger partial charge in [-0.25, -0.2) is 4.79 Å². The number of hydrogen-bond donors (Lipinski definition) is 1. The minimum atomic E-state index is -0.457. The number of nitrogen functional groups attached to an aromatic ring is 1. The lowest BCUT2D eigenvalue weighted by molar-refractivity contribution is 0.0601. The van der Waals surface area contributed by atoms with Gasteiger partial charge in [0.15, 0.2) is 0 Å². The van der Waals surface area contributed by atoms with Crippen molar-refractivity contribution in [3.63, 3.8) is 0 Å². The van der Waals surface area contributed by atoms with E-state index in [1.165, 1.54) is 19.2 Å². The molecule has 0 amide bonds. The molecule has 0 heterocycles. The van der Waals surface area contributed by atoms with Crippen LogP contribution in [0.25, 0.3) is 0 Å². The van der Waals surface area contributed by atoms with Gasteiger partial charge >= 0.3 is 5.97 Å². The van der Waals surface area contributed by atoms with Gasteiger partial charge in [0.2, 0.25) is 0 Å². The van der Waals surface area contributed by atoms with Crippen LogP contribution in [-0.2, 0) is 4.74 Å². The third-order valence-corrected chi connectivity index (χ3v) is 2.89. The fourth-order valence-corrected chi connectivity index (χ4v) is 1.30. The zero-order valence-electron chi connectivity index (χ0n) is 6.80. The molecular weight excluding hydrogens is 257 g/mol. The van der Waals surface area contributed by atoms with E-state index in [1.54, 1.807) is 0 Å². The molecule has 3 nitrogen and oxygen atoms in total. The molecule has 13 heavy (non-hydrogen) atoms. The lowest BCUT2D eigenvalue weighted by Crippen LogP contribution is -2.02. The molecule has 0 aliphatic heterocycles. The summed E-state index contributed by atoms with van der Waals surface area (Å²) in [6.45, 7) is 0. The molecule has 0 spiro atoms. The van der Waals surface area contributed by atoms with E-state index in [4.69, 9.17) is 17.3 Å². The number of nitrogens with two attached hydrogens (primary N) is 1. The Kier molecular flexibility index (Phi) is 3.17. The number of ether oxygens (including phenoxy) is 1. The number of methoxy groups -OCH3 is 1. The maximum Gasteiger partial charge on any atom is 0.337 e. The molecule has 0 saturated heterocycles. The van der Waals surface area contributed by atoms with Crippen LogP contribution in [0.3, 0.4) is 0 Å². The predicted octanol–water partition coefficient (Wildman–Crippen LogP) is 2.47. The Labute approximate surface area is 88.9 Å². The summed E-state index contributed by atoms with van der Waals surface area (Å²) < 4.78 is 5.10. The van der Waals surface area contributed by atoms with E-state index < -0.39 is 5.97 Å².